The van der Waals surface area contributed by atoms with Crippen LogP contribution in [0, 0.1) is 5.92 Å². The van der Waals surface area contributed by atoms with Gasteiger partial charge in [0.2, 0.25) is 5.91 Å². The molecule has 1 N–H and O–H groups in total. The third-order valence-corrected chi connectivity index (χ3v) is 5.58. The highest BCUT2D eigenvalue weighted by molar-refractivity contribution is 5.83. The molecule has 162 valence electrons. The number of rotatable bonds is 6. The molecule has 0 saturated carbocycles. The molecule has 0 aromatic heterocycles. The van der Waals surface area contributed by atoms with Crippen LogP contribution in [-0.4, -0.2) is 66.2 Å². The van der Waals surface area contributed by atoms with Gasteiger partial charge in [-0.2, -0.15) is 0 Å². The zero-order valence-corrected chi connectivity index (χ0v) is 18.8. The van der Waals surface area contributed by atoms with Gasteiger partial charge in [0.05, 0.1) is 12.1 Å². The molecule has 1 saturated heterocycles. The maximum Gasteiger partial charge on any atom is 0.410 e. The minimum absolute atomic E-state index is 0.0135. The molecule has 2 amide bonds. The molecule has 1 heterocycles. The fourth-order valence-corrected chi connectivity index (χ4v) is 3.70. The number of nitrogens with one attached hydrogen (secondary N) is 1. The lowest BCUT2D eigenvalue weighted by molar-refractivity contribution is -0.139. The van der Waals surface area contributed by atoms with E-state index in [9.17, 15) is 9.59 Å². The highest BCUT2D eigenvalue weighted by Gasteiger charge is 2.38. The zero-order chi connectivity index (χ0) is 21.6. The fourth-order valence-electron chi connectivity index (χ4n) is 3.70. The largest absolute Gasteiger partial charge is 0.444 e. The summed E-state index contributed by atoms with van der Waals surface area (Å²) in [6.07, 6.45) is 1.29. The Kier molecular flexibility index (Phi) is 8.08. The number of hydrogen-bond acceptors (Lipinski definition) is 4. The Morgan fingerprint density at radius 1 is 1.21 bits per heavy atom. The van der Waals surface area contributed by atoms with Gasteiger partial charge in [0.1, 0.15) is 5.60 Å². The van der Waals surface area contributed by atoms with E-state index >= 15 is 0 Å². The number of carbonyl (C=O) groups excluding carboxylic acids is 2. The van der Waals surface area contributed by atoms with Gasteiger partial charge < -0.3 is 19.9 Å². The monoisotopic (exact) mass is 403 g/mol. The number of piperazine rings is 1. The van der Waals surface area contributed by atoms with Crippen LogP contribution in [0.15, 0.2) is 30.3 Å². The summed E-state index contributed by atoms with van der Waals surface area (Å²) >= 11 is 0. The molecule has 0 bridgehead atoms. The summed E-state index contributed by atoms with van der Waals surface area (Å²) in [4.78, 5) is 29.7. The number of ether oxygens (including phenoxy) is 1. The number of hydrogen-bond donors (Lipinski definition) is 1. The molecular weight excluding hydrogens is 366 g/mol. The Morgan fingerprint density at radius 3 is 2.41 bits per heavy atom. The van der Waals surface area contributed by atoms with Crippen molar-refractivity contribution in [3.05, 3.63) is 35.9 Å². The van der Waals surface area contributed by atoms with Gasteiger partial charge in [-0.15, -0.1) is 0 Å². The first kappa shape index (κ1) is 23.2. The highest BCUT2D eigenvalue weighted by Crippen LogP contribution is 2.23. The average Bonchev–Trinajstić information content (AvgIpc) is 2.70. The molecule has 1 aliphatic rings. The lowest BCUT2D eigenvalue weighted by Gasteiger charge is -2.45. The molecule has 2 unspecified atom stereocenters. The van der Waals surface area contributed by atoms with Crippen molar-refractivity contribution in [1.82, 2.24) is 15.1 Å². The average molecular weight is 404 g/mol. The van der Waals surface area contributed by atoms with Crippen LogP contribution in [0.2, 0.25) is 0 Å². The van der Waals surface area contributed by atoms with Gasteiger partial charge in [-0.3, -0.25) is 4.79 Å². The molecule has 1 fully saturated rings. The van der Waals surface area contributed by atoms with Gasteiger partial charge in [-0.1, -0.05) is 50.6 Å². The summed E-state index contributed by atoms with van der Waals surface area (Å²) in [5.74, 6) is 0.393. The maximum atomic E-state index is 13.4. The lowest BCUT2D eigenvalue weighted by atomic mass is 9.94. The predicted molar refractivity (Wildman–Crippen MR) is 116 cm³/mol. The van der Waals surface area contributed by atoms with E-state index in [4.69, 9.17) is 4.74 Å². The summed E-state index contributed by atoms with van der Waals surface area (Å²) in [6, 6.07) is 9.77. The summed E-state index contributed by atoms with van der Waals surface area (Å²) in [5.41, 5.74) is 0.607. The maximum absolute atomic E-state index is 13.4. The first-order chi connectivity index (χ1) is 13.7. The minimum atomic E-state index is -0.525. The molecule has 0 radical (unpaired) electrons. The van der Waals surface area contributed by atoms with E-state index in [1.54, 1.807) is 4.90 Å². The van der Waals surface area contributed by atoms with Crippen LogP contribution in [0.3, 0.4) is 0 Å². The molecule has 29 heavy (non-hydrogen) atoms. The summed E-state index contributed by atoms with van der Waals surface area (Å²) < 4.78 is 5.55. The molecular formula is C23H37N3O3. The summed E-state index contributed by atoms with van der Waals surface area (Å²) in [6.45, 7) is 11.4. The zero-order valence-electron chi connectivity index (χ0n) is 18.8. The standard InChI is InChI=1S/C23H37N3O3/c1-7-17(2)20-16-25(22(28)29-23(3,4)5)13-14-26(20)21(27)19(24-6)15-18-11-9-8-10-12-18/h8-12,17,19-20,24H,7,13-16H2,1-6H3/t17-,19?,20?/m1/s1. The Hall–Kier alpha value is -2.08. The Morgan fingerprint density at radius 2 is 1.86 bits per heavy atom. The quantitative estimate of drug-likeness (QED) is 0.792. The van der Waals surface area contributed by atoms with Crippen molar-refractivity contribution >= 4 is 12.0 Å². The van der Waals surface area contributed by atoms with Gasteiger partial charge in [0.25, 0.3) is 0 Å². The number of likely N-dealkylation sites (N-methyl/N-ethyl adjacent to an activating group) is 1. The SMILES string of the molecule is CC[C@@H](C)C1CN(C(=O)OC(C)(C)C)CCN1C(=O)C(Cc1ccccc1)NC. The molecule has 0 spiro atoms. The van der Waals surface area contributed by atoms with Gasteiger partial charge in [-0.05, 0) is 45.7 Å². The number of carbonyl (C=O) groups is 2. The second-order valence-corrected chi connectivity index (χ2v) is 8.94. The lowest BCUT2D eigenvalue weighted by Crippen LogP contribution is -2.62. The van der Waals surface area contributed by atoms with Crippen molar-refractivity contribution in [2.24, 2.45) is 5.92 Å². The van der Waals surface area contributed by atoms with Gasteiger partial charge in [0.15, 0.2) is 0 Å². The van der Waals surface area contributed by atoms with Crippen molar-refractivity contribution in [1.29, 1.82) is 0 Å². The van der Waals surface area contributed by atoms with Crippen molar-refractivity contribution < 1.29 is 14.3 Å². The summed E-state index contributed by atoms with van der Waals surface area (Å²) in [5, 5.41) is 3.19. The molecule has 1 aromatic rings. The minimum Gasteiger partial charge on any atom is -0.444 e. The first-order valence-corrected chi connectivity index (χ1v) is 10.7. The van der Waals surface area contributed by atoms with E-state index in [0.717, 1.165) is 12.0 Å². The molecule has 2 rings (SSSR count). The van der Waals surface area contributed by atoms with Crippen LogP contribution < -0.4 is 5.32 Å². The van der Waals surface area contributed by atoms with Crippen LogP contribution in [0.25, 0.3) is 0 Å². The van der Waals surface area contributed by atoms with Crippen LogP contribution >= 0.6 is 0 Å². The molecule has 1 aromatic carbocycles. The second kappa shape index (κ2) is 10.1. The predicted octanol–water partition coefficient (Wildman–Crippen LogP) is 3.31. The molecule has 6 nitrogen and oxygen atoms in total. The van der Waals surface area contributed by atoms with Crippen molar-refractivity contribution in [2.45, 2.75) is 65.1 Å². The van der Waals surface area contributed by atoms with Gasteiger partial charge in [0, 0.05) is 19.6 Å². The normalized spacial score (nSPS) is 19.6. The van der Waals surface area contributed by atoms with E-state index < -0.39 is 5.60 Å². The van der Waals surface area contributed by atoms with E-state index in [1.165, 1.54) is 0 Å². The van der Waals surface area contributed by atoms with Crippen molar-refractivity contribution in [2.75, 3.05) is 26.7 Å². The fraction of sp³-hybridized carbons (Fsp3) is 0.652. The van der Waals surface area contributed by atoms with Gasteiger partial charge >= 0.3 is 6.09 Å². The number of benzene rings is 1. The van der Waals surface area contributed by atoms with E-state index in [0.29, 0.717) is 32.0 Å². The van der Waals surface area contributed by atoms with E-state index in [-0.39, 0.29) is 24.1 Å². The van der Waals surface area contributed by atoms with Crippen molar-refractivity contribution in [3.63, 3.8) is 0 Å². The molecule has 1 aliphatic heterocycles. The Bertz CT molecular complexity index is 672. The topological polar surface area (TPSA) is 61.9 Å². The Labute approximate surface area is 175 Å². The van der Waals surface area contributed by atoms with Crippen molar-refractivity contribution in [3.8, 4) is 0 Å². The first-order valence-electron chi connectivity index (χ1n) is 10.7. The Balaban J connectivity index is 2.13. The van der Waals surface area contributed by atoms with E-state index in [1.807, 2.05) is 63.1 Å². The summed E-state index contributed by atoms with van der Waals surface area (Å²) in [7, 11) is 1.83. The molecule has 6 heteroatoms. The van der Waals surface area contributed by atoms with Crippen LogP contribution in [0.5, 0.6) is 0 Å². The third kappa shape index (κ3) is 6.46. The van der Waals surface area contributed by atoms with Crippen LogP contribution in [0.4, 0.5) is 4.79 Å². The van der Waals surface area contributed by atoms with Gasteiger partial charge in [-0.25, -0.2) is 4.79 Å². The molecule has 0 aliphatic carbocycles. The highest BCUT2D eigenvalue weighted by atomic mass is 16.6. The second-order valence-electron chi connectivity index (χ2n) is 8.94. The number of amides is 2. The van der Waals surface area contributed by atoms with Crippen LogP contribution in [0.1, 0.15) is 46.6 Å². The number of nitrogens with zero attached hydrogens (tertiary/aromatic N) is 2. The molecule has 3 atom stereocenters. The third-order valence-electron chi connectivity index (χ3n) is 5.58. The van der Waals surface area contributed by atoms with E-state index in [2.05, 4.69) is 19.2 Å². The smallest absolute Gasteiger partial charge is 0.410 e. The van der Waals surface area contributed by atoms with Crippen LogP contribution in [-0.2, 0) is 16.0 Å².